The lowest BCUT2D eigenvalue weighted by atomic mass is 10.1. The Bertz CT molecular complexity index is 779. The quantitative estimate of drug-likeness (QED) is 0.882. The second kappa shape index (κ2) is 5.86. The minimum absolute atomic E-state index is 0.0788. The Labute approximate surface area is 130 Å². The van der Waals surface area contributed by atoms with Crippen LogP contribution in [-0.2, 0) is 13.2 Å². The summed E-state index contributed by atoms with van der Waals surface area (Å²) in [6.45, 7) is 2.68. The molecule has 1 amide bonds. The van der Waals surface area contributed by atoms with Gasteiger partial charge >= 0.3 is 6.18 Å². The van der Waals surface area contributed by atoms with E-state index in [0.29, 0.717) is 0 Å². The third-order valence-electron chi connectivity index (χ3n) is 3.38. The van der Waals surface area contributed by atoms with Crippen LogP contribution in [0.4, 0.5) is 18.9 Å². The number of Topliss-reactive ketones (excluding diaryl/α,β-unsaturated/α-hetero) is 1. The van der Waals surface area contributed by atoms with E-state index >= 15 is 0 Å². The molecule has 1 aromatic carbocycles. The molecule has 0 fully saturated rings. The molecule has 0 aliphatic rings. The Kier molecular flexibility index (Phi) is 4.26. The maximum absolute atomic E-state index is 13.0. The highest BCUT2D eigenvalue weighted by atomic mass is 19.4. The molecule has 0 aliphatic heterocycles. The summed E-state index contributed by atoms with van der Waals surface area (Å²) in [7, 11) is 1.32. The zero-order valence-corrected chi connectivity index (χ0v) is 12.7. The summed E-state index contributed by atoms with van der Waals surface area (Å²) in [5.41, 5.74) is -1.36. The van der Waals surface area contributed by atoms with E-state index in [-0.39, 0.29) is 22.7 Å². The summed E-state index contributed by atoms with van der Waals surface area (Å²) < 4.78 is 40.1. The number of anilines is 1. The zero-order valence-electron chi connectivity index (χ0n) is 12.7. The molecule has 8 heteroatoms. The second-order valence-electron chi connectivity index (χ2n) is 4.99. The Hall–Kier alpha value is -2.64. The highest BCUT2D eigenvalue weighted by Gasteiger charge is 2.40. The number of aryl methyl sites for hydroxylation is 1. The van der Waals surface area contributed by atoms with Gasteiger partial charge in [0.15, 0.2) is 11.5 Å². The summed E-state index contributed by atoms with van der Waals surface area (Å²) in [4.78, 5) is 23.8. The smallest absolute Gasteiger partial charge is 0.321 e. The number of carbonyl (C=O) groups excluding carboxylic acids is 2. The van der Waals surface area contributed by atoms with Crippen LogP contribution in [0.5, 0.6) is 0 Å². The van der Waals surface area contributed by atoms with Gasteiger partial charge in [-0.3, -0.25) is 14.3 Å². The van der Waals surface area contributed by atoms with Gasteiger partial charge in [-0.1, -0.05) is 12.1 Å². The molecule has 2 rings (SSSR count). The highest BCUT2D eigenvalue weighted by molar-refractivity contribution is 6.10. The lowest BCUT2D eigenvalue weighted by Gasteiger charge is -2.10. The van der Waals surface area contributed by atoms with Crippen molar-refractivity contribution in [3.8, 4) is 0 Å². The molecule has 1 aromatic heterocycles. The van der Waals surface area contributed by atoms with Crippen molar-refractivity contribution in [3.05, 3.63) is 46.8 Å². The van der Waals surface area contributed by atoms with Gasteiger partial charge in [-0.15, -0.1) is 0 Å². The molecule has 2 aromatic rings. The van der Waals surface area contributed by atoms with Gasteiger partial charge in [0.25, 0.3) is 5.91 Å². The Morgan fingerprint density at radius 1 is 1.22 bits per heavy atom. The third kappa shape index (κ3) is 3.25. The summed E-state index contributed by atoms with van der Waals surface area (Å²) >= 11 is 0. The van der Waals surface area contributed by atoms with E-state index in [1.807, 2.05) is 0 Å². The van der Waals surface area contributed by atoms with Gasteiger partial charge in [-0.2, -0.15) is 18.3 Å². The number of hydrogen-bond acceptors (Lipinski definition) is 3. The molecule has 0 radical (unpaired) electrons. The van der Waals surface area contributed by atoms with Crippen LogP contribution in [0.1, 0.15) is 39.0 Å². The Morgan fingerprint density at radius 3 is 2.39 bits per heavy atom. The molecular weight excluding hydrogens is 311 g/mol. The predicted octanol–water partition coefficient (Wildman–Crippen LogP) is 3.20. The van der Waals surface area contributed by atoms with Crippen molar-refractivity contribution in [1.29, 1.82) is 0 Å². The van der Waals surface area contributed by atoms with Gasteiger partial charge in [0.05, 0.1) is 11.3 Å². The molecule has 0 spiro atoms. The van der Waals surface area contributed by atoms with Gasteiger partial charge in [0, 0.05) is 18.3 Å². The first-order valence-corrected chi connectivity index (χ1v) is 6.65. The monoisotopic (exact) mass is 325 g/mol. The van der Waals surface area contributed by atoms with Crippen LogP contribution in [-0.4, -0.2) is 21.5 Å². The number of alkyl halides is 3. The molecule has 0 unspecified atom stereocenters. The number of rotatable bonds is 3. The fraction of sp³-hybridized carbons (Fsp3) is 0.267. The van der Waals surface area contributed by atoms with Crippen molar-refractivity contribution in [2.45, 2.75) is 20.0 Å². The number of aromatic nitrogens is 2. The molecule has 23 heavy (non-hydrogen) atoms. The molecule has 5 nitrogen and oxygen atoms in total. The minimum Gasteiger partial charge on any atom is -0.321 e. The van der Waals surface area contributed by atoms with Gasteiger partial charge in [-0.25, -0.2) is 0 Å². The Balaban J connectivity index is 2.46. The molecule has 122 valence electrons. The van der Waals surface area contributed by atoms with Crippen LogP contribution in [0.25, 0.3) is 0 Å². The number of carbonyl (C=O) groups is 2. The molecule has 0 bridgehead atoms. The van der Waals surface area contributed by atoms with E-state index in [2.05, 4.69) is 10.4 Å². The average Bonchev–Trinajstić information content (AvgIpc) is 2.75. The summed E-state index contributed by atoms with van der Waals surface area (Å²) in [5.74, 6) is -1.27. The summed E-state index contributed by atoms with van der Waals surface area (Å²) in [5, 5.41) is 5.73. The standard InChI is InChI=1S/C15H14F3N3O2/c1-8-12(13(15(16,17)18)20-21(8)3)14(23)19-11-7-5-4-6-10(11)9(2)22/h4-7H,1-3H3,(H,19,23). The fourth-order valence-electron chi connectivity index (χ4n) is 2.16. The molecule has 0 saturated heterocycles. The first-order chi connectivity index (χ1) is 10.6. The van der Waals surface area contributed by atoms with Crippen molar-refractivity contribution in [1.82, 2.24) is 9.78 Å². The van der Waals surface area contributed by atoms with Crippen LogP contribution >= 0.6 is 0 Å². The number of nitrogens with zero attached hydrogens (tertiary/aromatic N) is 2. The second-order valence-corrected chi connectivity index (χ2v) is 4.99. The third-order valence-corrected chi connectivity index (χ3v) is 3.38. The van der Waals surface area contributed by atoms with Crippen molar-refractivity contribution in [2.24, 2.45) is 7.05 Å². The van der Waals surface area contributed by atoms with E-state index in [0.717, 1.165) is 4.68 Å². The van der Waals surface area contributed by atoms with Gasteiger partial charge in [0.2, 0.25) is 0 Å². The maximum atomic E-state index is 13.0. The number of amides is 1. The molecule has 0 saturated carbocycles. The first kappa shape index (κ1) is 16.7. The molecule has 1 heterocycles. The van der Waals surface area contributed by atoms with Crippen molar-refractivity contribution in [3.63, 3.8) is 0 Å². The summed E-state index contributed by atoms with van der Waals surface area (Å²) in [6.07, 6.45) is -4.75. The number of halogens is 3. The van der Waals surface area contributed by atoms with E-state index < -0.39 is 23.3 Å². The van der Waals surface area contributed by atoms with E-state index in [1.54, 1.807) is 12.1 Å². The molecule has 0 atom stereocenters. The van der Waals surface area contributed by atoms with Crippen LogP contribution in [0.2, 0.25) is 0 Å². The fourth-order valence-corrected chi connectivity index (χ4v) is 2.16. The zero-order chi connectivity index (χ0) is 17.4. The SMILES string of the molecule is CC(=O)c1ccccc1NC(=O)c1c(C(F)(F)F)nn(C)c1C. The number of ketones is 1. The van der Waals surface area contributed by atoms with Crippen LogP contribution in [0.3, 0.4) is 0 Å². The van der Waals surface area contributed by atoms with Crippen molar-refractivity contribution in [2.75, 3.05) is 5.32 Å². The van der Waals surface area contributed by atoms with Crippen molar-refractivity contribution >= 4 is 17.4 Å². The number of para-hydroxylation sites is 1. The van der Waals surface area contributed by atoms with Gasteiger partial charge < -0.3 is 5.32 Å². The van der Waals surface area contributed by atoms with E-state index in [9.17, 15) is 22.8 Å². The lowest BCUT2D eigenvalue weighted by molar-refractivity contribution is -0.141. The number of hydrogen-bond donors (Lipinski definition) is 1. The minimum atomic E-state index is -4.75. The Morgan fingerprint density at radius 2 is 1.83 bits per heavy atom. The topological polar surface area (TPSA) is 64.0 Å². The van der Waals surface area contributed by atoms with Gasteiger partial charge in [0.1, 0.15) is 0 Å². The van der Waals surface area contributed by atoms with Crippen LogP contribution in [0, 0.1) is 6.92 Å². The molecular formula is C15H14F3N3O2. The number of nitrogens with one attached hydrogen (secondary N) is 1. The van der Waals surface area contributed by atoms with E-state index in [1.165, 1.54) is 33.0 Å². The normalized spacial score (nSPS) is 11.4. The summed E-state index contributed by atoms with van der Waals surface area (Å²) in [6, 6.07) is 6.11. The van der Waals surface area contributed by atoms with Crippen LogP contribution in [0.15, 0.2) is 24.3 Å². The largest absolute Gasteiger partial charge is 0.435 e. The lowest BCUT2D eigenvalue weighted by Crippen LogP contribution is -2.19. The average molecular weight is 325 g/mol. The highest BCUT2D eigenvalue weighted by Crippen LogP contribution is 2.32. The van der Waals surface area contributed by atoms with Gasteiger partial charge in [-0.05, 0) is 26.0 Å². The number of benzene rings is 1. The maximum Gasteiger partial charge on any atom is 0.435 e. The van der Waals surface area contributed by atoms with E-state index in [4.69, 9.17) is 0 Å². The first-order valence-electron chi connectivity index (χ1n) is 6.65. The molecule has 0 aliphatic carbocycles. The van der Waals surface area contributed by atoms with Crippen LogP contribution < -0.4 is 5.32 Å². The van der Waals surface area contributed by atoms with Crippen molar-refractivity contribution < 1.29 is 22.8 Å². The molecule has 1 N–H and O–H groups in total. The predicted molar refractivity (Wildman–Crippen MR) is 77.3 cm³/mol.